The molecule has 0 aliphatic heterocycles. The third kappa shape index (κ3) is 13.6. The van der Waals surface area contributed by atoms with Crippen molar-refractivity contribution in [1.29, 1.82) is 0 Å². The van der Waals surface area contributed by atoms with E-state index in [2.05, 4.69) is 25.3 Å². The number of benzene rings is 2. The first kappa shape index (κ1) is 56.1. The number of hydrogen-bond acceptors (Lipinski definition) is 17. The highest BCUT2D eigenvalue weighted by molar-refractivity contribution is 7.93. The Morgan fingerprint density at radius 1 is 0.877 bits per heavy atom. The Morgan fingerprint density at radius 3 is 2.14 bits per heavy atom. The first-order valence-corrected chi connectivity index (χ1v) is 24.4. The van der Waals surface area contributed by atoms with Crippen molar-refractivity contribution in [3.8, 4) is 23.2 Å². The van der Waals surface area contributed by atoms with Gasteiger partial charge in [0.25, 0.3) is 15.6 Å². The van der Waals surface area contributed by atoms with Crippen molar-refractivity contribution in [3.05, 3.63) is 127 Å². The number of urea groups is 1. The maximum atomic E-state index is 13.0. The van der Waals surface area contributed by atoms with Crippen LogP contribution in [0.5, 0.6) is 17.5 Å². The highest BCUT2D eigenvalue weighted by atomic mass is 35.5. The topological polar surface area (TPSA) is 301 Å². The van der Waals surface area contributed by atoms with E-state index >= 15 is 0 Å². The highest BCUT2D eigenvalue weighted by Gasteiger charge is 2.36. The molecule has 0 unspecified atom stereocenters. The zero-order valence-corrected chi connectivity index (χ0v) is 41.8. The number of aliphatic carboxylic acids is 1. The van der Waals surface area contributed by atoms with Crippen LogP contribution in [-0.2, 0) is 42.6 Å². The number of amides is 2. The van der Waals surface area contributed by atoms with Crippen molar-refractivity contribution in [2.45, 2.75) is 43.1 Å². The molecule has 23 nitrogen and oxygen atoms in total. The molecule has 7 rings (SSSR count). The van der Waals surface area contributed by atoms with Crippen molar-refractivity contribution < 1.29 is 68.4 Å². The Hall–Kier alpha value is -7.82. The first-order chi connectivity index (χ1) is 34.2. The van der Waals surface area contributed by atoms with Gasteiger partial charge in [-0.1, -0.05) is 36.2 Å². The van der Waals surface area contributed by atoms with E-state index in [1.807, 2.05) is 0 Å². The van der Waals surface area contributed by atoms with Crippen molar-refractivity contribution >= 4 is 83.5 Å². The number of alkyl halides is 3. The Labute approximate surface area is 421 Å². The smallest absolute Gasteiger partial charge is 0.431 e. The van der Waals surface area contributed by atoms with E-state index in [4.69, 9.17) is 47.3 Å². The number of carboxylic acids is 1. The van der Waals surface area contributed by atoms with Gasteiger partial charge >= 0.3 is 29.8 Å². The number of sulfonamides is 1. The van der Waals surface area contributed by atoms with Gasteiger partial charge in [-0.2, -0.15) is 31.6 Å². The van der Waals surface area contributed by atoms with Gasteiger partial charge in [0.2, 0.25) is 17.7 Å². The Balaban J connectivity index is 0.000000213. The van der Waals surface area contributed by atoms with E-state index in [1.54, 1.807) is 55.1 Å². The molecular weight excluding hydrogens is 1060 g/mol. The lowest BCUT2D eigenvalue weighted by Gasteiger charge is -2.15. The summed E-state index contributed by atoms with van der Waals surface area (Å²) in [4.78, 5) is 74.9. The largest absolute Gasteiger partial charge is 0.481 e. The number of aromatic nitrogens is 7. The standard InChI is InChI=1S/C16H14ClF3N2O4.C16H18N6O7S2.C11H8ClNO3/c1-8(2)26-14(24)10-6-9(4-5-11(10)17)22-13(23)7-12(16(18,19)20)21(3)15(22)25;1-4-30(24,25)13-14(22-8-6-5-7-10(22)17-13)31(26,27)21-16(23)20-15-18-11(28-2)9-12(19-15)29-3;12-8-3-4-9(16-6-10(14)15)11-7(8)2-1-5-13-11/h4-8H,1-3H3;5-9H,4H2,1-3H3,(H2,18,19,20,21,23);1-5H,6H2,(H,14,15). The predicted molar refractivity (Wildman–Crippen MR) is 255 cm³/mol. The summed E-state index contributed by atoms with van der Waals surface area (Å²) in [6, 6.07) is 15.3. The van der Waals surface area contributed by atoms with Crippen LogP contribution < -0.4 is 35.5 Å². The average molecular weight is 1100 g/mol. The lowest BCUT2D eigenvalue weighted by molar-refractivity contribution is -0.144. The van der Waals surface area contributed by atoms with Gasteiger partial charge in [0.05, 0.1) is 53.4 Å². The van der Waals surface area contributed by atoms with Crippen LogP contribution >= 0.6 is 23.2 Å². The molecule has 0 aliphatic rings. The van der Waals surface area contributed by atoms with Crippen molar-refractivity contribution in [1.82, 2.24) is 38.2 Å². The fourth-order valence-corrected chi connectivity index (χ4v) is 9.16. The molecule has 0 fully saturated rings. The molecule has 73 heavy (non-hydrogen) atoms. The zero-order chi connectivity index (χ0) is 54.2. The van der Waals surface area contributed by atoms with Crippen LogP contribution in [0.1, 0.15) is 36.8 Å². The second kappa shape index (κ2) is 23.2. The van der Waals surface area contributed by atoms with E-state index < -0.39 is 83.7 Å². The summed E-state index contributed by atoms with van der Waals surface area (Å²) in [6.45, 7) is 4.19. The Kier molecular flexibility index (Phi) is 17.8. The number of nitrogens with one attached hydrogen (secondary N) is 2. The Morgan fingerprint density at radius 2 is 1.53 bits per heavy atom. The summed E-state index contributed by atoms with van der Waals surface area (Å²) >= 11 is 11.9. The van der Waals surface area contributed by atoms with Gasteiger partial charge in [0.15, 0.2) is 26.5 Å². The molecule has 2 aromatic carbocycles. The Bertz CT molecular complexity index is 3570. The average Bonchev–Trinajstić information content (AvgIpc) is 3.75. The predicted octanol–water partition coefficient (Wildman–Crippen LogP) is 5.57. The summed E-state index contributed by atoms with van der Waals surface area (Å²) in [7, 11) is -5.15. The molecule has 2 amide bonds. The summed E-state index contributed by atoms with van der Waals surface area (Å²) < 4.78 is 113. The van der Waals surface area contributed by atoms with Crippen LogP contribution in [0.25, 0.3) is 22.2 Å². The number of carbonyl (C=O) groups is 3. The quantitative estimate of drug-likeness (QED) is 0.119. The normalized spacial score (nSPS) is 11.5. The fourth-order valence-electron chi connectivity index (χ4n) is 6.09. The maximum Gasteiger partial charge on any atom is 0.431 e. The van der Waals surface area contributed by atoms with Gasteiger partial charge in [0.1, 0.15) is 22.6 Å². The number of rotatable bonds is 13. The number of fused-ring (bicyclic) bond motifs is 2. The molecule has 7 aromatic rings. The number of esters is 1. The van der Waals surface area contributed by atoms with Gasteiger partial charge in [-0.25, -0.2) is 41.9 Å². The van der Waals surface area contributed by atoms with Crippen LogP contribution in [0.3, 0.4) is 0 Å². The fraction of sp³-hybridized carbons (Fsp3) is 0.233. The lowest BCUT2D eigenvalue weighted by Crippen LogP contribution is -2.40. The summed E-state index contributed by atoms with van der Waals surface area (Å²) in [5.41, 5.74) is -3.36. The number of anilines is 1. The second-order valence-electron chi connectivity index (χ2n) is 14.7. The van der Waals surface area contributed by atoms with Crippen LogP contribution in [0.4, 0.5) is 23.9 Å². The minimum absolute atomic E-state index is 0.0104. The first-order valence-electron chi connectivity index (χ1n) is 20.5. The number of pyridine rings is 2. The third-order valence-corrected chi connectivity index (χ3v) is 13.1. The van der Waals surface area contributed by atoms with Crippen LogP contribution in [-0.4, -0.2) is 106 Å². The number of nitrogens with zero attached hydrogens (tertiary/aromatic N) is 7. The molecule has 3 N–H and O–H groups in total. The van der Waals surface area contributed by atoms with Gasteiger partial charge in [0, 0.05) is 30.9 Å². The minimum atomic E-state index is -4.86. The maximum absolute atomic E-state index is 13.0. The molecule has 0 atom stereocenters. The molecule has 0 saturated carbocycles. The number of halogens is 5. The zero-order valence-electron chi connectivity index (χ0n) is 38.7. The number of ether oxygens (including phenoxy) is 4. The highest BCUT2D eigenvalue weighted by Crippen LogP contribution is 2.30. The van der Waals surface area contributed by atoms with Gasteiger partial charge in [-0.15, -0.1) is 0 Å². The van der Waals surface area contributed by atoms with E-state index in [0.717, 1.165) is 22.9 Å². The lowest BCUT2D eigenvalue weighted by atomic mass is 10.2. The summed E-state index contributed by atoms with van der Waals surface area (Å²) in [5.74, 6) is -1.97. The molecule has 0 bridgehead atoms. The molecule has 0 aliphatic carbocycles. The molecule has 0 saturated heterocycles. The van der Waals surface area contributed by atoms with Crippen molar-refractivity contribution in [2.75, 3.05) is 31.9 Å². The summed E-state index contributed by atoms with van der Waals surface area (Å²) in [6.07, 6.45) is -2.38. The van der Waals surface area contributed by atoms with Crippen LogP contribution in [0.15, 0.2) is 105 Å². The van der Waals surface area contributed by atoms with E-state index in [0.29, 0.717) is 31.5 Å². The molecule has 388 valence electrons. The summed E-state index contributed by atoms with van der Waals surface area (Å²) in [5, 5.41) is 10.6. The van der Waals surface area contributed by atoms with Crippen LogP contribution in [0.2, 0.25) is 10.0 Å². The van der Waals surface area contributed by atoms with Gasteiger partial charge in [-0.05, 0) is 68.4 Å². The van der Waals surface area contributed by atoms with Crippen molar-refractivity contribution in [2.24, 2.45) is 7.05 Å². The number of imidazole rings is 1. The van der Waals surface area contributed by atoms with Gasteiger partial charge < -0.3 is 24.1 Å². The number of carboxylic acid groups (broad SMARTS) is 1. The number of hydrogen-bond donors (Lipinski definition) is 3. The molecular formula is C43H40Cl2F3N9O14S2. The van der Waals surface area contributed by atoms with E-state index in [-0.39, 0.29) is 45.4 Å². The molecule has 30 heteroatoms. The number of carbonyl (C=O) groups excluding carboxylic acids is 2. The SMILES string of the molecule is CC(C)OC(=O)c1cc(-n2c(=O)cc(C(F)(F)F)n(C)c2=O)ccc1Cl.CCS(=O)(=O)c1nc2ccccn2c1S(=O)(=O)NC(=O)Nc1nc(OC)cc(OC)n1.O=C(O)COc1ccc(Cl)c2cccnc12. The second-order valence-corrected chi connectivity index (χ2v) is 19.3. The molecule has 5 heterocycles. The van der Waals surface area contributed by atoms with Crippen LogP contribution in [0, 0.1) is 0 Å². The van der Waals surface area contributed by atoms with E-state index in [1.165, 1.54) is 57.7 Å². The number of methoxy groups -OCH3 is 2. The minimum Gasteiger partial charge on any atom is -0.481 e. The number of sulfone groups is 1. The van der Waals surface area contributed by atoms with Gasteiger partial charge in [-0.3, -0.25) is 24.1 Å². The van der Waals surface area contributed by atoms with Crippen molar-refractivity contribution in [3.63, 3.8) is 0 Å². The molecule has 0 radical (unpaired) electrons. The van der Waals surface area contributed by atoms with E-state index in [9.17, 15) is 54.0 Å². The monoisotopic (exact) mass is 1100 g/mol. The molecule has 5 aromatic heterocycles. The third-order valence-electron chi connectivity index (χ3n) is 9.35. The molecule has 0 spiro atoms.